The van der Waals surface area contributed by atoms with Crippen LogP contribution in [0.15, 0.2) is 42.5 Å². The lowest BCUT2D eigenvalue weighted by atomic mass is 10.0. The summed E-state index contributed by atoms with van der Waals surface area (Å²) in [5, 5.41) is 22.7. The number of fused-ring (bicyclic) bond motifs is 1. The molecule has 3 aromatic rings. The maximum atomic E-state index is 10.4. The normalized spacial score (nSPS) is 11.2. The van der Waals surface area contributed by atoms with Crippen molar-refractivity contribution in [2.24, 2.45) is 0 Å². The van der Waals surface area contributed by atoms with Gasteiger partial charge in [0, 0.05) is 23.1 Å². The van der Waals surface area contributed by atoms with Gasteiger partial charge in [0.1, 0.15) is 11.6 Å². The van der Waals surface area contributed by atoms with Crippen LogP contribution in [0.25, 0.3) is 22.0 Å². The van der Waals surface area contributed by atoms with Crippen LogP contribution in [-0.2, 0) is 0 Å². The SMILES string of the molecule is CC(C)Nc1cc(-c2ccc3ccccc3c2O)n[nH]1. The van der Waals surface area contributed by atoms with Gasteiger partial charge in [0.15, 0.2) is 0 Å². The fraction of sp³-hybridized carbons (Fsp3) is 0.188. The van der Waals surface area contributed by atoms with Gasteiger partial charge in [0.2, 0.25) is 0 Å². The maximum Gasteiger partial charge on any atom is 0.132 e. The molecule has 3 N–H and O–H groups in total. The number of hydrogen-bond acceptors (Lipinski definition) is 3. The Hall–Kier alpha value is -2.49. The average molecular weight is 267 g/mol. The molecule has 2 aromatic carbocycles. The first kappa shape index (κ1) is 12.5. The molecule has 102 valence electrons. The third-order valence-electron chi connectivity index (χ3n) is 3.20. The molecule has 0 aliphatic rings. The lowest BCUT2D eigenvalue weighted by molar-refractivity contribution is 0.483. The van der Waals surface area contributed by atoms with Crippen LogP contribution in [0.3, 0.4) is 0 Å². The van der Waals surface area contributed by atoms with E-state index in [-0.39, 0.29) is 5.75 Å². The number of nitrogens with one attached hydrogen (secondary N) is 2. The van der Waals surface area contributed by atoms with Crippen molar-refractivity contribution in [1.29, 1.82) is 0 Å². The molecule has 1 aromatic heterocycles. The Balaban J connectivity index is 2.05. The Morgan fingerprint density at radius 3 is 2.75 bits per heavy atom. The van der Waals surface area contributed by atoms with Crippen molar-refractivity contribution in [1.82, 2.24) is 10.2 Å². The number of aromatic amines is 1. The zero-order valence-corrected chi connectivity index (χ0v) is 11.5. The second-order valence-electron chi connectivity index (χ2n) is 5.15. The largest absolute Gasteiger partial charge is 0.507 e. The number of benzene rings is 2. The molecular weight excluding hydrogens is 250 g/mol. The fourth-order valence-corrected chi connectivity index (χ4v) is 2.31. The molecule has 0 unspecified atom stereocenters. The number of aromatic hydroxyl groups is 1. The van der Waals surface area contributed by atoms with Crippen LogP contribution in [0.5, 0.6) is 5.75 Å². The summed E-state index contributed by atoms with van der Waals surface area (Å²) in [6.45, 7) is 4.13. The molecule has 0 bridgehead atoms. The van der Waals surface area contributed by atoms with Crippen LogP contribution < -0.4 is 5.32 Å². The lowest BCUT2D eigenvalue weighted by Gasteiger charge is -2.06. The van der Waals surface area contributed by atoms with Crippen molar-refractivity contribution in [2.45, 2.75) is 19.9 Å². The molecule has 0 atom stereocenters. The number of phenols is 1. The van der Waals surface area contributed by atoms with Crippen molar-refractivity contribution in [3.8, 4) is 17.0 Å². The van der Waals surface area contributed by atoms with Gasteiger partial charge in [-0.25, -0.2) is 0 Å². The summed E-state index contributed by atoms with van der Waals surface area (Å²) < 4.78 is 0. The monoisotopic (exact) mass is 267 g/mol. The van der Waals surface area contributed by atoms with Crippen LogP contribution >= 0.6 is 0 Å². The van der Waals surface area contributed by atoms with Crippen LogP contribution in [0.2, 0.25) is 0 Å². The zero-order chi connectivity index (χ0) is 14.1. The molecule has 0 amide bonds. The van der Waals surface area contributed by atoms with Gasteiger partial charge in [-0.15, -0.1) is 0 Å². The van der Waals surface area contributed by atoms with Gasteiger partial charge < -0.3 is 10.4 Å². The van der Waals surface area contributed by atoms with Gasteiger partial charge >= 0.3 is 0 Å². The highest BCUT2D eigenvalue weighted by Gasteiger charge is 2.11. The van der Waals surface area contributed by atoms with E-state index in [1.54, 1.807) is 0 Å². The van der Waals surface area contributed by atoms with E-state index < -0.39 is 0 Å². The van der Waals surface area contributed by atoms with E-state index in [9.17, 15) is 5.11 Å². The van der Waals surface area contributed by atoms with E-state index in [0.29, 0.717) is 6.04 Å². The van der Waals surface area contributed by atoms with Crippen LogP contribution in [0, 0.1) is 0 Å². The van der Waals surface area contributed by atoms with Crippen molar-refractivity contribution in [2.75, 3.05) is 5.32 Å². The Labute approximate surface area is 117 Å². The summed E-state index contributed by atoms with van der Waals surface area (Å²) in [5.41, 5.74) is 1.47. The Bertz CT molecular complexity index is 746. The van der Waals surface area contributed by atoms with Crippen LogP contribution in [0.1, 0.15) is 13.8 Å². The van der Waals surface area contributed by atoms with Crippen LogP contribution in [0.4, 0.5) is 5.82 Å². The second kappa shape index (κ2) is 4.89. The maximum absolute atomic E-state index is 10.4. The number of rotatable bonds is 3. The third-order valence-corrected chi connectivity index (χ3v) is 3.20. The molecule has 3 rings (SSSR count). The smallest absolute Gasteiger partial charge is 0.132 e. The Morgan fingerprint density at radius 1 is 1.15 bits per heavy atom. The number of nitrogens with zero attached hydrogens (tertiary/aromatic N) is 1. The van der Waals surface area contributed by atoms with Crippen molar-refractivity contribution < 1.29 is 5.11 Å². The van der Waals surface area contributed by atoms with E-state index in [1.165, 1.54) is 0 Å². The molecule has 20 heavy (non-hydrogen) atoms. The predicted molar refractivity (Wildman–Crippen MR) is 82.0 cm³/mol. The zero-order valence-electron chi connectivity index (χ0n) is 11.5. The fourth-order valence-electron chi connectivity index (χ4n) is 2.31. The van der Waals surface area contributed by atoms with E-state index >= 15 is 0 Å². The number of phenolic OH excluding ortho intramolecular Hbond substituents is 1. The number of hydrogen-bond donors (Lipinski definition) is 3. The van der Waals surface area contributed by atoms with E-state index in [2.05, 4.69) is 29.4 Å². The minimum Gasteiger partial charge on any atom is -0.507 e. The first-order chi connectivity index (χ1) is 9.65. The van der Waals surface area contributed by atoms with E-state index in [1.807, 2.05) is 42.5 Å². The van der Waals surface area contributed by atoms with Gasteiger partial charge in [-0.3, -0.25) is 5.10 Å². The lowest BCUT2D eigenvalue weighted by Crippen LogP contribution is -2.09. The number of aromatic nitrogens is 2. The summed E-state index contributed by atoms with van der Waals surface area (Å²) in [4.78, 5) is 0. The molecule has 0 aliphatic heterocycles. The van der Waals surface area contributed by atoms with Crippen molar-refractivity contribution in [3.63, 3.8) is 0 Å². The molecule has 0 radical (unpaired) electrons. The summed E-state index contributed by atoms with van der Waals surface area (Å²) in [7, 11) is 0. The molecule has 0 fully saturated rings. The minimum atomic E-state index is 0.269. The highest BCUT2D eigenvalue weighted by Crippen LogP contribution is 2.35. The Kier molecular flexibility index (Phi) is 3.06. The van der Waals surface area contributed by atoms with Gasteiger partial charge in [-0.1, -0.05) is 30.3 Å². The minimum absolute atomic E-state index is 0.269. The molecule has 1 heterocycles. The summed E-state index contributed by atoms with van der Waals surface area (Å²) >= 11 is 0. The molecule has 0 spiro atoms. The van der Waals surface area contributed by atoms with E-state index in [4.69, 9.17) is 0 Å². The third kappa shape index (κ3) is 2.20. The molecule has 0 saturated carbocycles. The topological polar surface area (TPSA) is 60.9 Å². The molecular formula is C16H17N3O. The standard InChI is InChI=1S/C16H17N3O/c1-10(2)17-15-9-14(18-19-15)13-8-7-11-5-3-4-6-12(11)16(13)20/h3-10,20H,1-2H3,(H2,17,18,19). The second-order valence-corrected chi connectivity index (χ2v) is 5.15. The van der Waals surface area contributed by atoms with Gasteiger partial charge in [0.05, 0.1) is 5.69 Å². The molecule has 0 aliphatic carbocycles. The highest BCUT2D eigenvalue weighted by atomic mass is 16.3. The predicted octanol–water partition coefficient (Wildman–Crippen LogP) is 3.76. The first-order valence-electron chi connectivity index (χ1n) is 6.68. The van der Waals surface area contributed by atoms with Crippen LogP contribution in [-0.4, -0.2) is 21.3 Å². The summed E-state index contributed by atoms with van der Waals surface area (Å²) in [6.07, 6.45) is 0. The Morgan fingerprint density at radius 2 is 1.95 bits per heavy atom. The number of H-pyrrole nitrogens is 1. The number of anilines is 1. The quantitative estimate of drug-likeness (QED) is 0.677. The average Bonchev–Trinajstić information content (AvgIpc) is 2.87. The van der Waals surface area contributed by atoms with Gasteiger partial charge in [-0.05, 0) is 25.3 Å². The first-order valence-corrected chi connectivity index (χ1v) is 6.68. The molecule has 4 heteroatoms. The van der Waals surface area contributed by atoms with Crippen molar-refractivity contribution >= 4 is 16.6 Å². The molecule has 4 nitrogen and oxygen atoms in total. The summed E-state index contributed by atoms with van der Waals surface area (Å²) in [5.74, 6) is 1.12. The van der Waals surface area contributed by atoms with Gasteiger partial charge in [0.25, 0.3) is 0 Å². The van der Waals surface area contributed by atoms with Crippen molar-refractivity contribution in [3.05, 3.63) is 42.5 Å². The summed E-state index contributed by atoms with van der Waals surface area (Å²) in [6, 6.07) is 13.9. The van der Waals surface area contributed by atoms with E-state index in [0.717, 1.165) is 27.8 Å². The molecule has 0 saturated heterocycles. The highest BCUT2D eigenvalue weighted by molar-refractivity contribution is 5.94. The van der Waals surface area contributed by atoms with Gasteiger partial charge in [-0.2, -0.15) is 5.10 Å².